The van der Waals surface area contributed by atoms with E-state index >= 15 is 0 Å². The minimum absolute atomic E-state index is 0.0144. The Kier molecular flexibility index (Phi) is 5.65. The molecule has 1 aliphatic rings. The predicted octanol–water partition coefficient (Wildman–Crippen LogP) is 0.727. The zero-order valence-corrected chi connectivity index (χ0v) is 15.2. The van der Waals surface area contributed by atoms with Gasteiger partial charge in [-0.15, -0.1) is 0 Å². The second-order valence-corrected chi connectivity index (χ2v) is 8.33. The average Bonchev–Trinajstić information content (AvgIpc) is 2.67. The monoisotopic (exact) mass is 376 g/mol. The van der Waals surface area contributed by atoms with Crippen molar-refractivity contribution in [2.24, 2.45) is 0 Å². The summed E-state index contributed by atoms with van der Waals surface area (Å²) in [7, 11) is -3.69. The maximum atomic E-state index is 12.7. The van der Waals surface area contributed by atoms with Crippen LogP contribution >= 0.6 is 0 Å². The maximum absolute atomic E-state index is 12.7. The van der Waals surface area contributed by atoms with Crippen molar-refractivity contribution in [1.29, 1.82) is 0 Å². The minimum atomic E-state index is -3.69. The number of nitrogens with one attached hydrogen (secondary N) is 1. The van der Waals surface area contributed by atoms with E-state index in [1.165, 1.54) is 33.0 Å². The summed E-state index contributed by atoms with van der Waals surface area (Å²) in [6, 6.07) is 15.5. The van der Waals surface area contributed by atoms with Gasteiger partial charge in [-0.05, 0) is 11.6 Å². The van der Waals surface area contributed by atoms with Crippen LogP contribution in [-0.2, 0) is 16.4 Å². The fourth-order valence-corrected chi connectivity index (χ4v) is 4.65. The molecule has 26 heavy (non-hydrogen) atoms. The lowest BCUT2D eigenvalue weighted by atomic mass is 10.1. The first-order chi connectivity index (χ1) is 12.5. The van der Waals surface area contributed by atoms with E-state index in [1.807, 2.05) is 18.2 Å². The summed E-state index contributed by atoms with van der Waals surface area (Å²) in [6.07, 6.45) is 0.966. The number of benzene rings is 2. The van der Waals surface area contributed by atoms with Crippen LogP contribution in [0.5, 0.6) is 0 Å². The second kappa shape index (κ2) is 7.94. The van der Waals surface area contributed by atoms with Gasteiger partial charge in [-0.25, -0.2) is 8.42 Å². The highest BCUT2D eigenvalue weighted by Crippen LogP contribution is 2.20. The van der Waals surface area contributed by atoms with E-state index in [1.54, 1.807) is 0 Å². The van der Waals surface area contributed by atoms with Crippen molar-refractivity contribution < 1.29 is 18.2 Å². The lowest BCUT2D eigenvalue weighted by molar-refractivity contribution is -0.903. The van der Waals surface area contributed by atoms with Crippen LogP contribution < -0.4 is 4.90 Å². The van der Waals surface area contributed by atoms with Crippen LogP contribution in [0.2, 0.25) is 0 Å². The molecule has 138 valence electrons. The Morgan fingerprint density at radius 2 is 1.73 bits per heavy atom. The molecule has 2 aromatic carbocycles. The summed E-state index contributed by atoms with van der Waals surface area (Å²) in [4.78, 5) is 11.7. The Morgan fingerprint density at radius 1 is 1.04 bits per heavy atom. The number of nitrogens with zero attached hydrogens (tertiary/aromatic N) is 2. The molecule has 0 aromatic heterocycles. The van der Waals surface area contributed by atoms with Gasteiger partial charge in [-0.3, -0.25) is 10.1 Å². The number of nitro groups is 1. The van der Waals surface area contributed by atoms with E-state index in [4.69, 9.17) is 0 Å². The van der Waals surface area contributed by atoms with Crippen LogP contribution in [0.25, 0.3) is 0 Å². The molecule has 8 heteroatoms. The quantitative estimate of drug-likeness (QED) is 0.595. The molecule has 0 unspecified atom stereocenters. The van der Waals surface area contributed by atoms with Crippen molar-refractivity contribution in [3.05, 3.63) is 70.3 Å². The van der Waals surface area contributed by atoms with Crippen LogP contribution in [0, 0.1) is 10.1 Å². The topological polar surface area (TPSA) is 85.0 Å². The Morgan fingerprint density at radius 3 is 2.38 bits per heavy atom. The fraction of sp³-hybridized carbons (Fsp3) is 0.333. The molecule has 0 atom stereocenters. The summed E-state index contributed by atoms with van der Waals surface area (Å²) in [5.74, 6) is 0. The van der Waals surface area contributed by atoms with Crippen molar-refractivity contribution >= 4 is 15.7 Å². The molecule has 0 spiro atoms. The molecule has 1 N–H and O–H groups in total. The van der Waals surface area contributed by atoms with Gasteiger partial charge in [0.15, 0.2) is 0 Å². The lowest BCUT2D eigenvalue weighted by Gasteiger charge is -2.31. The van der Waals surface area contributed by atoms with E-state index < -0.39 is 14.9 Å². The third kappa shape index (κ3) is 4.27. The van der Waals surface area contributed by atoms with Gasteiger partial charge in [0.05, 0.1) is 42.5 Å². The molecular formula is C18H22N3O4S+. The summed E-state index contributed by atoms with van der Waals surface area (Å²) in [5.41, 5.74) is 1.07. The first-order valence-electron chi connectivity index (χ1n) is 8.59. The summed E-state index contributed by atoms with van der Waals surface area (Å²) < 4.78 is 26.9. The molecule has 0 saturated carbocycles. The highest BCUT2D eigenvalue weighted by molar-refractivity contribution is 7.89. The molecular weight excluding hydrogens is 354 g/mol. The van der Waals surface area contributed by atoms with Crippen LogP contribution in [0.1, 0.15) is 5.56 Å². The van der Waals surface area contributed by atoms with Crippen molar-refractivity contribution in [2.45, 2.75) is 11.3 Å². The van der Waals surface area contributed by atoms with Gasteiger partial charge in [-0.1, -0.05) is 36.4 Å². The molecule has 0 aliphatic carbocycles. The zero-order valence-electron chi connectivity index (χ0n) is 14.4. The Labute approximate surface area is 153 Å². The SMILES string of the molecule is O=[N+]([O-])c1cccc(S(=O)(=O)N2CC[NH+](CCc3ccccc3)CC2)c1. The highest BCUT2D eigenvalue weighted by Gasteiger charge is 2.31. The fourth-order valence-electron chi connectivity index (χ4n) is 3.17. The zero-order chi connectivity index (χ0) is 18.6. The molecule has 0 bridgehead atoms. The molecule has 0 amide bonds. The van der Waals surface area contributed by atoms with Gasteiger partial charge in [0.25, 0.3) is 5.69 Å². The number of sulfonamides is 1. The first kappa shape index (κ1) is 18.5. The summed E-state index contributed by atoms with van der Waals surface area (Å²) in [6.45, 7) is 3.29. The predicted molar refractivity (Wildman–Crippen MR) is 97.6 cm³/mol. The van der Waals surface area contributed by atoms with E-state index in [9.17, 15) is 18.5 Å². The smallest absolute Gasteiger partial charge is 0.270 e. The summed E-state index contributed by atoms with van der Waals surface area (Å²) >= 11 is 0. The van der Waals surface area contributed by atoms with Crippen LogP contribution in [0.15, 0.2) is 59.5 Å². The van der Waals surface area contributed by atoms with Gasteiger partial charge >= 0.3 is 0 Å². The number of non-ortho nitro benzene ring substituents is 1. The number of quaternary nitrogens is 1. The van der Waals surface area contributed by atoms with Crippen LogP contribution in [-0.4, -0.2) is 50.4 Å². The van der Waals surface area contributed by atoms with Crippen LogP contribution in [0.4, 0.5) is 5.69 Å². The largest absolute Gasteiger partial charge is 0.332 e. The number of hydrogen-bond donors (Lipinski definition) is 1. The van der Waals surface area contributed by atoms with Gasteiger partial charge < -0.3 is 4.90 Å². The maximum Gasteiger partial charge on any atom is 0.270 e. The Bertz CT molecular complexity index is 863. The molecule has 7 nitrogen and oxygen atoms in total. The Hall–Kier alpha value is -2.29. The standard InChI is InChI=1S/C18H21N3O4S/c22-21(23)17-7-4-8-18(15-17)26(24,25)20-13-11-19(12-14-20)10-9-16-5-2-1-3-6-16/h1-8,15H,9-14H2/p+1. The van der Waals surface area contributed by atoms with E-state index in [2.05, 4.69) is 12.1 Å². The van der Waals surface area contributed by atoms with Crippen molar-refractivity contribution in [3.8, 4) is 0 Å². The molecule has 1 heterocycles. The lowest BCUT2D eigenvalue weighted by Crippen LogP contribution is -3.15. The van der Waals surface area contributed by atoms with Gasteiger partial charge in [0.2, 0.25) is 10.0 Å². The third-order valence-electron chi connectivity index (χ3n) is 4.71. The third-order valence-corrected chi connectivity index (χ3v) is 6.60. The molecule has 1 aliphatic heterocycles. The first-order valence-corrected chi connectivity index (χ1v) is 10.0. The normalized spacial score (nSPS) is 16.5. The number of nitro benzene ring substituents is 1. The van der Waals surface area contributed by atoms with E-state index in [-0.39, 0.29) is 10.6 Å². The molecule has 3 rings (SSSR count). The van der Waals surface area contributed by atoms with Crippen molar-refractivity contribution in [3.63, 3.8) is 0 Å². The average molecular weight is 376 g/mol. The van der Waals surface area contributed by atoms with E-state index in [0.29, 0.717) is 13.1 Å². The molecule has 1 saturated heterocycles. The highest BCUT2D eigenvalue weighted by atomic mass is 32.2. The number of hydrogen-bond acceptors (Lipinski definition) is 4. The number of piperazine rings is 1. The number of rotatable bonds is 6. The Balaban J connectivity index is 1.60. The van der Waals surface area contributed by atoms with Crippen LogP contribution in [0.3, 0.4) is 0 Å². The van der Waals surface area contributed by atoms with Gasteiger partial charge in [-0.2, -0.15) is 4.31 Å². The molecule has 1 fully saturated rings. The minimum Gasteiger partial charge on any atom is -0.332 e. The van der Waals surface area contributed by atoms with Gasteiger partial charge in [0.1, 0.15) is 0 Å². The van der Waals surface area contributed by atoms with Gasteiger partial charge in [0, 0.05) is 18.6 Å². The molecule has 2 aromatic rings. The van der Waals surface area contributed by atoms with E-state index in [0.717, 1.165) is 32.1 Å². The summed E-state index contributed by atoms with van der Waals surface area (Å²) in [5, 5.41) is 10.9. The van der Waals surface area contributed by atoms with Crippen molar-refractivity contribution in [2.75, 3.05) is 32.7 Å². The second-order valence-electron chi connectivity index (χ2n) is 6.39. The molecule has 0 radical (unpaired) electrons. The van der Waals surface area contributed by atoms with Crippen molar-refractivity contribution in [1.82, 2.24) is 4.31 Å².